The third-order valence-corrected chi connectivity index (χ3v) is 10.0. The lowest BCUT2D eigenvalue weighted by molar-refractivity contribution is -0.132. The molecule has 1 aromatic rings. The molecule has 0 spiro atoms. The van der Waals surface area contributed by atoms with Gasteiger partial charge in [0, 0.05) is 31.9 Å². The Hall–Kier alpha value is -1.68. The second kappa shape index (κ2) is 9.05. The van der Waals surface area contributed by atoms with Crippen molar-refractivity contribution < 1.29 is 18.4 Å². The van der Waals surface area contributed by atoms with E-state index < -0.39 is 20.7 Å². The van der Waals surface area contributed by atoms with Crippen LogP contribution in [0.1, 0.15) is 47.6 Å². The van der Waals surface area contributed by atoms with Gasteiger partial charge in [0.1, 0.15) is 0 Å². The van der Waals surface area contributed by atoms with Gasteiger partial charge < -0.3 is 10.2 Å². The number of carbonyl (C=O) groups excluding carboxylic acids is 1. The van der Waals surface area contributed by atoms with Crippen molar-refractivity contribution in [2.24, 2.45) is 0 Å². The Bertz CT molecular complexity index is 918. The molecule has 0 aromatic heterocycles. The van der Waals surface area contributed by atoms with Crippen LogP contribution in [0.3, 0.4) is 0 Å². The molecule has 0 radical (unpaired) electrons. The Labute approximate surface area is 186 Å². The van der Waals surface area contributed by atoms with Gasteiger partial charge in [-0.3, -0.25) is 10.0 Å². The summed E-state index contributed by atoms with van der Waals surface area (Å²) in [7, 11) is -3.92. The number of benzene rings is 1. The minimum atomic E-state index is -3.92. The highest BCUT2D eigenvalue weighted by Gasteiger charge is 2.54. The number of sulfonamides is 1. The molecule has 0 aliphatic carbocycles. The number of carbonyl (C=O) groups is 1. The fourth-order valence-electron chi connectivity index (χ4n) is 5.31. The highest BCUT2D eigenvalue weighted by molar-refractivity contribution is 7.91. The van der Waals surface area contributed by atoms with Crippen molar-refractivity contribution in [2.45, 2.75) is 58.6 Å². The number of hydrogen-bond donors (Lipinski definition) is 3. The summed E-state index contributed by atoms with van der Waals surface area (Å²) >= 11 is 0. The molecule has 2 saturated heterocycles. The zero-order valence-electron chi connectivity index (χ0n) is 19.3. The number of piperazine rings is 1. The lowest BCUT2D eigenvalue weighted by Gasteiger charge is -2.43. The molecule has 3 rings (SSSR count). The molecule has 1 amide bonds. The largest absolute Gasteiger partial charge is 0.368 e. The third kappa shape index (κ3) is 3.86. The van der Waals surface area contributed by atoms with Gasteiger partial charge in [-0.05, 0) is 87.9 Å². The van der Waals surface area contributed by atoms with Gasteiger partial charge in [0.15, 0.2) is 4.75 Å². The number of rotatable bonds is 5. The summed E-state index contributed by atoms with van der Waals surface area (Å²) in [5, 5.41) is 12.4. The predicted octanol–water partition coefficient (Wildman–Crippen LogP) is 1.56. The van der Waals surface area contributed by atoms with E-state index in [0.29, 0.717) is 39.3 Å². The second-order valence-corrected chi connectivity index (χ2v) is 11.0. The smallest absolute Gasteiger partial charge is 0.266 e. The average molecular weight is 453 g/mol. The van der Waals surface area contributed by atoms with E-state index in [2.05, 4.69) is 44.8 Å². The topological polar surface area (TPSA) is 102 Å². The first kappa shape index (κ1) is 24.0. The molecule has 2 fully saturated rings. The van der Waals surface area contributed by atoms with Gasteiger partial charge in [-0.2, -0.15) is 4.31 Å². The Kier molecular flexibility index (Phi) is 7.00. The maximum absolute atomic E-state index is 13.5. The lowest BCUT2D eigenvalue weighted by atomic mass is 9.90. The van der Waals surface area contributed by atoms with Crippen LogP contribution >= 0.6 is 0 Å². The molecule has 8 nitrogen and oxygen atoms in total. The summed E-state index contributed by atoms with van der Waals surface area (Å²) in [6.45, 7) is 13.4. The summed E-state index contributed by atoms with van der Waals surface area (Å²) in [4.78, 5) is 14.8. The van der Waals surface area contributed by atoms with E-state index in [9.17, 15) is 18.4 Å². The molecule has 2 aliphatic rings. The van der Waals surface area contributed by atoms with Crippen molar-refractivity contribution in [3.63, 3.8) is 0 Å². The van der Waals surface area contributed by atoms with E-state index in [1.54, 1.807) is 5.48 Å². The Balaban J connectivity index is 1.86. The van der Waals surface area contributed by atoms with Crippen LogP contribution in [-0.4, -0.2) is 67.9 Å². The molecule has 0 unspecified atom stereocenters. The highest BCUT2D eigenvalue weighted by atomic mass is 32.2. The minimum Gasteiger partial charge on any atom is -0.368 e. The number of amides is 1. The molecule has 31 heavy (non-hydrogen) atoms. The molecule has 1 aromatic carbocycles. The SMILES string of the molecule is CCc1c(C)c(C)c(N2CCN(S(=O)(=O)C3(C(=O)NO)CCNCC3)CC2)c(C)c1C. The van der Waals surface area contributed by atoms with E-state index in [0.717, 1.165) is 6.42 Å². The summed E-state index contributed by atoms with van der Waals surface area (Å²) in [6.07, 6.45) is 1.30. The van der Waals surface area contributed by atoms with Crippen molar-refractivity contribution in [3.05, 3.63) is 27.8 Å². The van der Waals surface area contributed by atoms with E-state index >= 15 is 0 Å². The molecule has 2 heterocycles. The number of nitrogens with zero attached hydrogens (tertiary/aromatic N) is 2. The molecular weight excluding hydrogens is 416 g/mol. The van der Waals surface area contributed by atoms with E-state index in [-0.39, 0.29) is 12.8 Å². The molecule has 0 saturated carbocycles. The van der Waals surface area contributed by atoms with Gasteiger partial charge in [-0.1, -0.05) is 6.92 Å². The molecule has 0 atom stereocenters. The fourth-order valence-corrected chi connectivity index (χ4v) is 7.45. The summed E-state index contributed by atoms with van der Waals surface area (Å²) in [5.74, 6) is -0.829. The van der Waals surface area contributed by atoms with Crippen LogP contribution in [0, 0.1) is 27.7 Å². The maximum atomic E-state index is 13.5. The molecule has 3 N–H and O–H groups in total. The predicted molar refractivity (Wildman–Crippen MR) is 122 cm³/mol. The van der Waals surface area contributed by atoms with Crippen LogP contribution in [0.25, 0.3) is 0 Å². The van der Waals surface area contributed by atoms with Crippen molar-refractivity contribution in [1.82, 2.24) is 15.1 Å². The molecule has 174 valence electrons. The molecule has 0 bridgehead atoms. The summed E-state index contributed by atoms with van der Waals surface area (Å²) < 4.78 is 26.9. The molecule has 9 heteroatoms. The Morgan fingerprint density at radius 1 is 1.00 bits per heavy atom. The monoisotopic (exact) mass is 452 g/mol. The van der Waals surface area contributed by atoms with E-state index in [1.807, 2.05) is 0 Å². The number of nitrogens with one attached hydrogen (secondary N) is 2. The van der Waals surface area contributed by atoms with Crippen molar-refractivity contribution in [3.8, 4) is 0 Å². The quantitative estimate of drug-likeness (QED) is 0.463. The van der Waals surface area contributed by atoms with Crippen LogP contribution in [0.5, 0.6) is 0 Å². The number of piperidine rings is 1. The zero-order valence-corrected chi connectivity index (χ0v) is 20.2. The Morgan fingerprint density at radius 2 is 1.52 bits per heavy atom. The zero-order chi connectivity index (χ0) is 23.0. The number of hydroxylamine groups is 1. The van der Waals surface area contributed by atoms with Gasteiger partial charge in [-0.15, -0.1) is 0 Å². The molecular formula is C22H36N4O4S. The van der Waals surface area contributed by atoms with Crippen LogP contribution in [0.4, 0.5) is 5.69 Å². The van der Waals surface area contributed by atoms with Gasteiger partial charge in [0.05, 0.1) is 0 Å². The Morgan fingerprint density at radius 3 is 1.97 bits per heavy atom. The van der Waals surface area contributed by atoms with Gasteiger partial charge in [0.2, 0.25) is 10.0 Å². The molecule has 2 aliphatic heterocycles. The summed E-state index contributed by atoms with van der Waals surface area (Å²) in [6, 6.07) is 0. The highest BCUT2D eigenvalue weighted by Crippen LogP contribution is 2.36. The van der Waals surface area contributed by atoms with Crippen LogP contribution in [0.2, 0.25) is 0 Å². The first-order chi connectivity index (χ1) is 14.6. The second-order valence-electron chi connectivity index (χ2n) is 8.76. The van der Waals surface area contributed by atoms with Crippen LogP contribution in [-0.2, 0) is 21.2 Å². The first-order valence-corrected chi connectivity index (χ1v) is 12.6. The minimum absolute atomic E-state index is 0.150. The average Bonchev–Trinajstić information content (AvgIpc) is 2.78. The van der Waals surface area contributed by atoms with Gasteiger partial charge in [0.25, 0.3) is 5.91 Å². The van der Waals surface area contributed by atoms with Gasteiger partial charge in [-0.25, -0.2) is 13.9 Å². The van der Waals surface area contributed by atoms with Crippen molar-refractivity contribution in [1.29, 1.82) is 0 Å². The summed E-state index contributed by atoms with van der Waals surface area (Å²) in [5.41, 5.74) is 9.33. The van der Waals surface area contributed by atoms with Gasteiger partial charge >= 0.3 is 0 Å². The van der Waals surface area contributed by atoms with Crippen LogP contribution < -0.4 is 15.7 Å². The standard InChI is InChI=1S/C22H36N4O4S/c1-6-19-15(2)17(4)20(18(5)16(19)3)25-11-13-26(14-12-25)31(29,30)22(21(27)24-28)7-9-23-10-8-22/h23,28H,6-14H2,1-5H3,(H,24,27). The van der Waals surface area contributed by atoms with Crippen LogP contribution in [0.15, 0.2) is 0 Å². The first-order valence-electron chi connectivity index (χ1n) is 11.1. The maximum Gasteiger partial charge on any atom is 0.266 e. The number of hydrogen-bond acceptors (Lipinski definition) is 6. The van der Waals surface area contributed by atoms with E-state index in [1.165, 1.54) is 37.8 Å². The lowest BCUT2D eigenvalue weighted by Crippen LogP contribution is -2.63. The van der Waals surface area contributed by atoms with Crippen molar-refractivity contribution >= 4 is 21.6 Å². The third-order valence-electron chi connectivity index (χ3n) is 7.41. The number of anilines is 1. The fraction of sp³-hybridized carbons (Fsp3) is 0.682. The normalized spacial score (nSPS) is 20.0. The van der Waals surface area contributed by atoms with Crippen molar-refractivity contribution in [2.75, 3.05) is 44.2 Å². The van der Waals surface area contributed by atoms with E-state index in [4.69, 9.17) is 0 Å².